The molecule has 0 N–H and O–H groups in total. The molecule has 1 aromatic rings. The van der Waals surface area contributed by atoms with Crippen LogP contribution in [0.5, 0.6) is 0 Å². The zero-order valence-corrected chi connectivity index (χ0v) is 10.0. The van der Waals surface area contributed by atoms with Crippen molar-refractivity contribution in [1.29, 1.82) is 0 Å². The normalized spacial score (nSPS) is 13.2. The van der Waals surface area contributed by atoms with Crippen molar-refractivity contribution in [2.45, 2.75) is 52.3 Å². The third-order valence-electron chi connectivity index (χ3n) is 2.29. The van der Waals surface area contributed by atoms with E-state index in [4.69, 9.17) is 0 Å². The minimum atomic E-state index is -4.37. The second kappa shape index (κ2) is 4.11. The Bertz CT molecular complexity index is 327. The summed E-state index contributed by atoms with van der Waals surface area (Å²) in [6.07, 6.45) is -2.10. The van der Waals surface area contributed by atoms with Gasteiger partial charge in [0.05, 0.1) is 0 Å². The monoisotopic (exact) mass is 234 g/mol. The van der Waals surface area contributed by atoms with E-state index < -0.39 is 17.3 Å². The lowest BCUT2D eigenvalue weighted by Gasteiger charge is -2.18. The van der Waals surface area contributed by atoms with Gasteiger partial charge in [-0.05, 0) is 11.8 Å². The second-order valence-corrected chi connectivity index (χ2v) is 4.90. The number of aryl methyl sites for hydroxylation is 1. The van der Waals surface area contributed by atoms with Gasteiger partial charge in [-0.15, -0.1) is 0 Å². The quantitative estimate of drug-likeness (QED) is 0.764. The topological polar surface area (TPSA) is 17.8 Å². The van der Waals surface area contributed by atoms with Gasteiger partial charge in [0.2, 0.25) is 0 Å². The van der Waals surface area contributed by atoms with Crippen LogP contribution in [-0.4, -0.2) is 9.78 Å². The van der Waals surface area contributed by atoms with E-state index in [0.717, 1.165) is 6.42 Å². The van der Waals surface area contributed by atoms with Crippen molar-refractivity contribution in [2.75, 3.05) is 0 Å². The standard InChI is InChI=1S/C11H17F3N2/c1-5-6-16-7-8(10(2,3)4)9(15-16)11(12,13)14/h7H,5-6H2,1-4H3. The van der Waals surface area contributed by atoms with Crippen LogP contribution in [0.1, 0.15) is 45.4 Å². The maximum atomic E-state index is 12.8. The maximum Gasteiger partial charge on any atom is 0.435 e. The van der Waals surface area contributed by atoms with Crippen LogP contribution in [0.15, 0.2) is 6.20 Å². The molecule has 16 heavy (non-hydrogen) atoms. The van der Waals surface area contributed by atoms with Crippen LogP contribution in [0.2, 0.25) is 0 Å². The molecule has 0 atom stereocenters. The molecular formula is C11H17F3N2. The maximum absolute atomic E-state index is 12.8. The number of halogens is 3. The van der Waals surface area contributed by atoms with Crippen molar-refractivity contribution >= 4 is 0 Å². The molecule has 0 saturated carbocycles. The highest BCUT2D eigenvalue weighted by atomic mass is 19.4. The van der Waals surface area contributed by atoms with E-state index in [2.05, 4.69) is 5.10 Å². The highest BCUT2D eigenvalue weighted by Crippen LogP contribution is 2.36. The Morgan fingerprint density at radius 2 is 1.81 bits per heavy atom. The Balaban J connectivity index is 3.24. The number of alkyl halides is 3. The minimum absolute atomic E-state index is 0.258. The molecule has 0 aliphatic carbocycles. The highest BCUT2D eigenvalue weighted by Gasteiger charge is 2.39. The van der Waals surface area contributed by atoms with Crippen molar-refractivity contribution in [3.63, 3.8) is 0 Å². The lowest BCUT2D eigenvalue weighted by Crippen LogP contribution is -2.18. The molecule has 5 heteroatoms. The first-order valence-electron chi connectivity index (χ1n) is 5.31. The molecule has 0 aliphatic heterocycles. The summed E-state index contributed by atoms with van der Waals surface area (Å²) in [4.78, 5) is 0. The van der Waals surface area contributed by atoms with Crippen molar-refractivity contribution in [3.8, 4) is 0 Å². The van der Waals surface area contributed by atoms with Gasteiger partial charge < -0.3 is 0 Å². The third-order valence-corrected chi connectivity index (χ3v) is 2.29. The lowest BCUT2D eigenvalue weighted by atomic mass is 9.87. The van der Waals surface area contributed by atoms with Crippen LogP contribution >= 0.6 is 0 Å². The lowest BCUT2D eigenvalue weighted by molar-refractivity contribution is -0.142. The van der Waals surface area contributed by atoms with Gasteiger partial charge in [0.1, 0.15) is 0 Å². The summed E-state index contributed by atoms with van der Waals surface area (Å²) in [5.74, 6) is 0. The van der Waals surface area contributed by atoms with E-state index in [-0.39, 0.29) is 5.56 Å². The van der Waals surface area contributed by atoms with Crippen molar-refractivity contribution in [3.05, 3.63) is 17.5 Å². The summed E-state index contributed by atoms with van der Waals surface area (Å²) >= 11 is 0. The summed E-state index contributed by atoms with van der Waals surface area (Å²) in [5.41, 5.74) is -1.04. The largest absolute Gasteiger partial charge is 0.435 e. The van der Waals surface area contributed by atoms with E-state index in [1.54, 1.807) is 20.8 Å². The van der Waals surface area contributed by atoms with Gasteiger partial charge in [-0.3, -0.25) is 4.68 Å². The molecule has 0 aliphatic rings. The van der Waals surface area contributed by atoms with Crippen LogP contribution in [0.4, 0.5) is 13.2 Å². The molecule has 0 fully saturated rings. The zero-order chi connectivity index (χ0) is 12.6. The Morgan fingerprint density at radius 3 is 2.12 bits per heavy atom. The number of hydrogen-bond acceptors (Lipinski definition) is 1. The van der Waals surface area contributed by atoms with Crippen LogP contribution in [0.3, 0.4) is 0 Å². The van der Waals surface area contributed by atoms with Crippen LogP contribution in [-0.2, 0) is 18.1 Å². The molecular weight excluding hydrogens is 217 g/mol. The number of nitrogens with zero attached hydrogens (tertiary/aromatic N) is 2. The summed E-state index contributed by atoms with van der Waals surface area (Å²) in [6, 6.07) is 0. The molecule has 0 spiro atoms. The fraction of sp³-hybridized carbons (Fsp3) is 0.727. The predicted octanol–water partition coefficient (Wildman–Crippen LogP) is 3.61. The second-order valence-electron chi connectivity index (χ2n) is 4.90. The summed E-state index contributed by atoms with van der Waals surface area (Å²) in [7, 11) is 0. The molecule has 92 valence electrons. The average molecular weight is 234 g/mol. The van der Waals surface area contributed by atoms with Crippen molar-refractivity contribution in [1.82, 2.24) is 9.78 Å². The fourth-order valence-corrected chi connectivity index (χ4v) is 1.52. The van der Waals surface area contributed by atoms with E-state index in [1.807, 2.05) is 6.92 Å². The minimum Gasteiger partial charge on any atom is -0.272 e. The first kappa shape index (κ1) is 13.1. The molecule has 0 saturated heterocycles. The summed E-state index contributed by atoms with van der Waals surface area (Å²) in [5, 5.41) is 3.63. The summed E-state index contributed by atoms with van der Waals surface area (Å²) in [6.45, 7) is 7.70. The van der Waals surface area contributed by atoms with Gasteiger partial charge in [0.15, 0.2) is 5.69 Å². The Kier molecular flexibility index (Phi) is 3.35. The average Bonchev–Trinajstić information content (AvgIpc) is 2.47. The van der Waals surface area contributed by atoms with Crippen LogP contribution in [0.25, 0.3) is 0 Å². The first-order chi connectivity index (χ1) is 7.16. The van der Waals surface area contributed by atoms with Gasteiger partial charge in [0, 0.05) is 18.3 Å². The molecule has 1 aromatic heterocycles. The van der Waals surface area contributed by atoms with Crippen molar-refractivity contribution < 1.29 is 13.2 Å². The van der Waals surface area contributed by atoms with E-state index in [1.165, 1.54) is 10.9 Å². The molecule has 0 aromatic carbocycles. The van der Waals surface area contributed by atoms with Gasteiger partial charge in [-0.2, -0.15) is 18.3 Å². The Labute approximate surface area is 93.5 Å². The Morgan fingerprint density at radius 1 is 1.25 bits per heavy atom. The van der Waals surface area contributed by atoms with E-state index >= 15 is 0 Å². The van der Waals surface area contributed by atoms with Gasteiger partial charge in [-0.25, -0.2) is 0 Å². The molecule has 2 nitrogen and oxygen atoms in total. The zero-order valence-electron chi connectivity index (χ0n) is 10.0. The number of aromatic nitrogens is 2. The number of hydrogen-bond donors (Lipinski definition) is 0. The SMILES string of the molecule is CCCn1cc(C(C)(C)C)c(C(F)(F)F)n1. The number of rotatable bonds is 2. The molecule has 1 heterocycles. The summed E-state index contributed by atoms with van der Waals surface area (Å²) < 4.78 is 39.6. The molecule has 0 unspecified atom stereocenters. The molecule has 1 rings (SSSR count). The predicted molar refractivity (Wildman–Crippen MR) is 56.2 cm³/mol. The van der Waals surface area contributed by atoms with E-state index in [0.29, 0.717) is 6.54 Å². The van der Waals surface area contributed by atoms with Gasteiger partial charge >= 0.3 is 6.18 Å². The highest BCUT2D eigenvalue weighted by molar-refractivity contribution is 5.27. The molecule has 0 bridgehead atoms. The smallest absolute Gasteiger partial charge is 0.272 e. The molecule has 0 radical (unpaired) electrons. The van der Waals surface area contributed by atoms with E-state index in [9.17, 15) is 13.2 Å². The van der Waals surface area contributed by atoms with Crippen LogP contribution in [0, 0.1) is 0 Å². The first-order valence-corrected chi connectivity index (χ1v) is 5.31. The Hall–Kier alpha value is -1.00. The fourth-order valence-electron chi connectivity index (χ4n) is 1.52. The van der Waals surface area contributed by atoms with Crippen LogP contribution < -0.4 is 0 Å². The third kappa shape index (κ3) is 2.77. The van der Waals surface area contributed by atoms with Gasteiger partial charge in [-0.1, -0.05) is 27.7 Å². The van der Waals surface area contributed by atoms with Gasteiger partial charge in [0.25, 0.3) is 0 Å². The molecule has 0 amide bonds. The van der Waals surface area contributed by atoms with Crippen molar-refractivity contribution in [2.24, 2.45) is 0 Å².